The first-order chi connectivity index (χ1) is 7.09. The molecule has 1 aliphatic heterocycles. The zero-order valence-electron chi connectivity index (χ0n) is 9.33. The predicted octanol–water partition coefficient (Wildman–Crippen LogP) is 0.940. The molecule has 0 bridgehead atoms. The second kappa shape index (κ2) is 3.70. The van der Waals surface area contributed by atoms with Crippen LogP contribution in [-0.4, -0.2) is 37.0 Å². The molecule has 2 rings (SSSR count). The van der Waals surface area contributed by atoms with E-state index in [0.717, 1.165) is 24.4 Å². The number of rotatable bonds is 2. The molecular formula is C11H16N2O2. The van der Waals surface area contributed by atoms with Gasteiger partial charge in [-0.1, -0.05) is 0 Å². The minimum absolute atomic E-state index is 0.0212. The molecule has 0 spiro atoms. The number of carbonyl (C=O) groups excluding carboxylic acids is 1. The van der Waals surface area contributed by atoms with Crippen molar-refractivity contribution in [2.75, 3.05) is 20.1 Å². The molecule has 2 heterocycles. The molecule has 1 amide bonds. The molecule has 0 radical (unpaired) electrons. The van der Waals surface area contributed by atoms with Crippen LogP contribution >= 0.6 is 0 Å². The highest BCUT2D eigenvalue weighted by Crippen LogP contribution is 2.17. The summed E-state index contributed by atoms with van der Waals surface area (Å²) < 4.78 is 5.40. The van der Waals surface area contributed by atoms with Gasteiger partial charge in [-0.15, -0.1) is 0 Å². The van der Waals surface area contributed by atoms with Gasteiger partial charge in [-0.25, -0.2) is 0 Å². The molecular weight excluding hydrogens is 192 g/mol. The summed E-state index contributed by atoms with van der Waals surface area (Å²) in [5.41, 5.74) is 0.914. The quantitative estimate of drug-likeness (QED) is 0.786. The molecule has 0 aliphatic carbocycles. The van der Waals surface area contributed by atoms with Crippen molar-refractivity contribution in [1.82, 2.24) is 10.2 Å². The Kier molecular flexibility index (Phi) is 2.52. The fraction of sp³-hybridized carbons (Fsp3) is 0.545. The van der Waals surface area contributed by atoms with Gasteiger partial charge in [0.1, 0.15) is 5.76 Å². The summed E-state index contributed by atoms with van der Waals surface area (Å²) in [6, 6.07) is 2.20. The highest BCUT2D eigenvalue weighted by atomic mass is 16.4. The average molecular weight is 208 g/mol. The maximum atomic E-state index is 12.0. The Morgan fingerprint density at radius 2 is 2.20 bits per heavy atom. The van der Waals surface area contributed by atoms with E-state index in [1.807, 2.05) is 27.0 Å². The highest BCUT2D eigenvalue weighted by molar-refractivity contribution is 5.93. The monoisotopic (exact) mass is 208 g/mol. The molecule has 0 atom stereocenters. The van der Waals surface area contributed by atoms with Crippen molar-refractivity contribution >= 4 is 5.91 Å². The lowest BCUT2D eigenvalue weighted by Crippen LogP contribution is -2.57. The number of furan rings is 1. The molecule has 4 nitrogen and oxygen atoms in total. The van der Waals surface area contributed by atoms with E-state index >= 15 is 0 Å². The van der Waals surface area contributed by atoms with Gasteiger partial charge >= 0.3 is 0 Å². The average Bonchev–Trinajstić information content (AvgIpc) is 2.41. The maximum absolute atomic E-state index is 12.0. The lowest BCUT2D eigenvalue weighted by molar-refractivity contribution is 0.0646. The molecule has 1 aromatic rings. The number of amides is 1. The molecule has 82 valence electrons. The summed E-state index contributed by atoms with van der Waals surface area (Å²) in [5, 5.41) is 3.14. The second-order valence-corrected chi connectivity index (χ2v) is 4.10. The maximum Gasteiger partial charge on any atom is 0.289 e. The van der Waals surface area contributed by atoms with E-state index in [0.29, 0.717) is 11.8 Å². The lowest BCUT2D eigenvalue weighted by Gasteiger charge is -2.35. The summed E-state index contributed by atoms with van der Waals surface area (Å²) in [4.78, 5) is 13.8. The van der Waals surface area contributed by atoms with E-state index in [1.54, 1.807) is 4.90 Å². The largest absolute Gasteiger partial charge is 0.456 e. The van der Waals surface area contributed by atoms with E-state index in [4.69, 9.17) is 4.42 Å². The molecule has 1 aliphatic rings. The molecule has 1 fully saturated rings. The molecule has 1 aromatic heterocycles. The normalized spacial score (nSPS) is 16.2. The van der Waals surface area contributed by atoms with Crippen LogP contribution in [0.25, 0.3) is 0 Å². The van der Waals surface area contributed by atoms with Gasteiger partial charge in [0.25, 0.3) is 5.91 Å². The van der Waals surface area contributed by atoms with Crippen molar-refractivity contribution in [1.29, 1.82) is 0 Å². The van der Waals surface area contributed by atoms with Crippen LogP contribution in [-0.2, 0) is 0 Å². The van der Waals surface area contributed by atoms with Crippen molar-refractivity contribution in [2.24, 2.45) is 0 Å². The Balaban J connectivity index is 2.15. The fourth-order valence-electron chi connectivity index (χ4n) is 1.73. The Morgan fingerprint density at radius 3 is 2.60 bits per heavy atom. The third-order valence-electron chi connectivity index (χ3n) is 2.86. The number of likely N-dealkylation sites (N-methyl/N-ethyl adjacent to an activating group) is 1. The van der Waals surface area contributed by atoms with Gasteiger partial charge in [-0.3, -0.25) is 4.79 Å². The molecule has 15 heavy (non-hydrogen) atoms. The number of carbonyl (C=O) groups is 1. The zero-order valence-corrected chi connectivity index (χ0v) is 9.33. The van der Waals surface area contributed by atoms with E-state index in [-0.39, 0.29) is 5.91 Å². The second-order valence-electron chi connectivity index (χ2n) is 4.10. The van der Waals surface area contributed by atoms with Crippen LogP contribution in [0.15, 0.2) is 10.5 Å². The Hall–Kier alpha value is -1.29. The fourth-order valence-corrected chi connectivity index (χ4v) is 1.73. The molecule has 0 aromatic carbocycles. The van der Waals surface area contributed by atoms with Gasteiger partial charge in [-0.05, 0) is 19.9 Å². The zero-order chi connectivity index (χ0) is 11.0. The summed E-state index contributed by atoms with van der Waals surface area (Å²) >= 11 is 0. The summed E-state index contributed by atoms with van der Waals surface area (Å²) in [7, 11) is 1.82. The smallest absolute Gasteiger partial charge is 0.289 e. The van der Waals surface area contributed by atoms with Gasteiger partial charge in [0.05, 0.1) is 6.04 Å². The van der Waals surface area contributed by atoms with Gasteiger partial charge in [0.2, 0.25) is 0 Å². The van der Waals surface area contributed by atoms with Crippen LogP contribution in [0.3, 0.4) is 0 Å². The van der Waals surface area contributed by atoms with Crippen molar-refractivity contribution in [3.63, 3.8) is 0 Å². The molecule has 4 heteroatoms. The summed E-state index contributed by atoms with van der Waals surface area (Å²) in [6.07, 6.45) is 0. The van der Waals surface area contributed by atoms with E-state index < -0.39 is 0 Å². The summed E-state index contributed by atoms with van der Waals surface area (Å²) in [5.74, 6) is 1.24. The van der Waals surface area contributed by atoms with Crippen LogP contribution in [0.1, 0.15) is 21.9 Å². The van der Waals surface area contributed by atoms with Crippen molar-refractivity contribution < 1.29 is 9.21 Å². The van der Waals surface area contributed by atoms with Crippen molar-refractivity contribution in [3.8, 4) is 0 Å². The minimum atomic E-state index is -0.0212. The van der Waals surface area contributed by atoms with Gasteiger partial charge in [0, 0.05) is 25.7 Å². The standard InChI is InChI=1S/C11H16N2O2/c1-7-4-8(2)15-10(7)11(14)13(3)9-5-12-6-9/h4,9,12H,5-6H2,1-3H3. The van der Waals surface area contributed by atoms with Gasteiger partial charge in [-0.2, -0.15) is 0 Å². The Morgan fingerprint density at radius 1 is 1.53 bits per heavy atom. The van der Waals surface area contributed by atoms with Crippen LogP contribution in [0.2, 0.25) is 0 Å². The molecule has 0 unspecified atom stereocenters. The van der Waals surface area contributed by atoms with E-state index in [2.05, 4.69) is 5.32 Å². The van der Waals surface area contributed by atoms with Crippen LogP contribution in [0, 0.1) is 13.8 Å². The first-order valence-electron chi connectivity index (χ1n) is 5.14. The van der Waals surface area contributed by atoms with Crippen LogP contribution in [0.5, 0.6) is 0 Å². The Labute approximate surface area is 89.2 Å². The van der Waals surface area contributed by atoms with E-state index in [9.17, 15) is 4.79 Å². The third-order valence-corrected chi connectivity index (χ3v) is 2.86. The number of hydrogen-bond donors (Lipinski definition) is 1. The SMILES string of the molecule is Cc1cc(C)c(C(=O)N(C)C2CNC2)o1. The first-order valence-corrected chi connectivity index (χ1v) is 5.14. The van der Waals surface area contributed by atoms with Crippen LogP contribution in [0.4, 0.5) is 0 Å². The Bertz CT molecular complexity index is 380. The van der Waals surface area contributed by atoms with Gasteiger partial charge < -0.3 is 14.6 Å². The molecule has 0 saturated carbocycles. The topological polar surface area (TPSA) is 45.5 Å². The number of nitrogens with one attached hydrogen (secondary N) is 1. The number of hydrogen-bond acceptors (Lipinski definition) is 3. The number of aryl methyl sites for hydroxylation is 2. The lowest BCUT2D eigenvalue weighted by atomic mass is 10.1. The summed E-state index contributed by atoms with van der Waals surface area (Å²) in [6.45, 7) is 5.51. The third kappa shape index (κ3) is 1.77. The highest BCUT2D eigenvalue weighted by Gasteiger charge is 2.28. The molecule has 1 N–H and O–H groups in total. The number of nitrogens with zero attached hydrogens (tertiary/aromatic N) is 1. The molecule has 1 saturated heterocycles. The minimum Gasteiger partial charge on any atom is -0.456 e. The van der Waals surface area contributed by atoms with Crippen molar-refractivity contribution in [3.05, 3.63) is 23.2 Å². The van der Waals surface area contributed by atoms with Crippen LogP contribution < -0.4 is 5.32 Å². The first kappa shape index (κ1) is 10.2. The van der Waals surface area contributed by atoms with Crippen molar-refractivity contribution in [2.45, 2.75) is 19.9 Å². The predicted molar refractivity (Wildman–Crippen MR) is 56.9 cm³/mol. The van der Waals surface area contributed by atoms with E-state index in [1.165, 1.54) is 0 Å². The van der Waals surface area contributed by atoms with Gasteiger partial charge in [0.15, 0.2) is 5.76 Å².